The SMILES string of the molecule is NCCC(=O)N[C@@H](CCS)C(=O)O. The molecule has 5 nitrogen and oxygen atoms in total. The summed E-state index contributed by atoms with van der Waals surface area (Å²) >= 11 is 3.89. The Balaban J connectivity index is 3.94. The van der Waals surface area contributed by atoms with E-state index in [9.17, 15) is 9.59 Å². The van der Waals surface area contributed by atoms with Crippen molar-refractivity contribution in [2.45, 2.75) is 18.9 Å². The summed E-state index contributed by atoms with van der Waals surface area (Å²) in [7, 11) is 0. The Labute approximate surface area is 82.1 Å². The lowest BCUT2D eigenvalue weighted by molar-refractivity contribution is -0.141. The van der Waals surface area contributed by atoms with E-state index >= 15 is 0 Å². The van der Waals surface area contributed by atoms with Gasteiger partial charge in [0.25, 0.3) is 0 Å². The van der Waals surface area contributed by atoms with Crippen LogP contribution in [0, 0.1) is 0 Å². The summed E-state index contributed by atoms with van der Waals surface area (Å²) in [6.45, 7) is 0.221. The predicted molar refractivity (Wildman–Crippen MR) is 51.7 cm³/mol. The van der Waals surface area contributed by atoms with Crippen LogP contribution in [0.15, 0.2) is 0 Å². The lowest BCUT2D eigenvalue weighted by Crippen LogP contribution is -2.41. The fourth-order valence-electron chi connectivity index (χ4n) is 0.784. The number of rotatable bonds is 6. The maximum Gasteiger partial charge on any atom is 0.326 e. The number of aliphatic carboxylic acids is 1. The van der Waals surface area contributed by atoms with Gasteiger partial charge in [0.2, 0.25) is 5.91 Å². The molecule has 0 radical (unpaired) electrons. The fraction of sp³-hybridized carbons (Fsp3) is 0.714. The number of hydrogen-bond acceptors (Lipinski definition) is 4. The monoisotopic (exact) mass is 206 g/mol. The zero-order valence-electron chi connectivity index (χ0n) is 7.19. The van der Waals surface area contributed by atoms with Gasteiger partial charge in [0, 0.05) is 13.0 Å². The first kappa shape index (κ1) is 12.2. The predicted octanol–water partition coefficient (Wildman–Crippen LogP) is -0.775. The average molecular weight is 206 g/mol. The molecule has 0 aromatic rings. The molecule has 0 aliphatic carbocycles. The number of carbonyl (C=O) groups excluding carboxylic acids is 1. The fourth-order valence-corrected chi connectivity index (χ4v) is 1.04. The molecule has 1 atom stereocenters. The molecule has 0 aliphatic heterocycles. The van der Waals surface area contributed by atoms with E-state index in [2.05, 4.69) is 17.9 Å². The second-order valence-electron chi connectivity index (χ2n) is 2.51. The molecule has 0 aliphatic rings. The topological polar surface area (TPSA) is 92.4 Å². The van der Waals surface area contributed by atoms with Crippen LogP contribution in [0.25, 0.3) is 0 Å². The van der Waals surface area contributed by atoms with Crippen molar-refractivity contribution in [3.8, 4) is 0 Å². The van der Waals surface area contributed by atoms with Gasteiger partial charge in [-0.15, -0.1) is 0 Å². The molecule has 0 rings (SSSR count). The molecule has 0 spiro atoms. The highest BCUT2D eigenvalue weighted by molar-refractivity contribution is 7.80. The van der Waals surface area contributed by atoms with E-state index in [4.69, 9.17) is 10.8 Å². The number of amides is 1. The van der Waals surface area contributed by atoms with Crippen LogP contribution in [0.1, 0.15) is 12.8 Å². The standard InChI is InChI=1S/C7H14N2O3S/c8-3-1-6(10)9-5(2-4-13)7(11)12/h5,13H,1-4,8H2,(H,9,10)(H,11,12)/t5-/m0/s1. The number of carbonyl (C=O) groups is 2. The van der Waals surface area contributed by atoms with Gasteiger partial charge in [0.15, 0.2) is 0 Å². The van der Waals surface area contributed by atoms with E-state index in [1.165, 1.54) is 0 Å². The number of thiol groups is 1. The third-order valence-electron chi connectivity index (χ3n) is 1.42. The summed E-state index contributed by atoms with van der Waals surface area (Å²) < 4.78 is 0. The van der Waals surface area contributed by atoms with E-state index in [1.807, 2.05) is 0 Å². The summed E-state index contributed by atoms with van der Waals surface area (Å²) in [5.74, 6) is -0.962. The van der Waals surface area contributed by atoms with Crippen molar-refractivity contribution in [3.05, 3.63) is 0 Å². The number of carboxylic acids is 1. The van der Waals surface area contributed by atoms with Gasteiger partial charge in [-0.2, -0.15) is 12.6 Å². The van der Waals surface area contributed by atoms with Crippen molar-refractivity contribution in [2.24, 2.45) is 5.73 Å². The highest BCUT2D eigenvalue weighted by Crippen LogP contribution is 1.95. The summed E-state index contributed by atoms with van der Waals surface area (Å²) in [6.07, 6.45) is 0.463. The molecule has 6 heteroatoms. The van der Waals surface area contributed by atoms with Crippen LogP contribution >= 0.6 is 12.6 Å². The Bertz CT molecular complexity index is 187. The van der Waals surface area contributed by atoms with Crippen LogP contribution in [-0.4, -0.2) is 35.3 Å². The van der Waals surface area contributed by atoms with Crippen molar-refractivity contribution in [3.63, 3.8) is 0 Å². The zero-order chi connectivity index (χ0) is 10.3. The normalized spacial score (nSPS) is 12.2. The minimum absolute atomic E-state index is 0.149. The zero-order valence-corrected chi connectivity index (χ0v) is 8.09. The molecule has 0 unspecified atom stereocenters. The summed E-state index contributed by atoms with van der Waals surface area (Å²) in [4.78, 5) is 21.5. The first-order chi connectivity index (χ1) is 6.11. The van der Waals surface area contributed by atoms with Crippen LogP contribution in [0.3, 0.4) is 0 Å². The molecule has 0 fully saturated rings. The van der Waals surface area contributed by atoms with Gasteiger partial charge in [0.1, 0.15) is 6.04 Å². The lowest BCUT2D eigenvalue weighted by Gasteiger charge is -2.12. The van der Waals surface area contributed by atoms with Crippen molar-refractivity contribution in [1.82, 2.24) is 5.32 Å². The van der Waals surface area contributed by atoms with E-state index < -0.39 is 12.0 Å². The molecule has 13 heavy (non-hydrogen) atoms. The Kier molecular flexibility index (Phi) is 6.34. The van der Waals surface area contributed by atoms with Crippen LogP contribution in [-0.2, 0) is 9.59 Å². The van der Waals surface area contributed by atoms with Crippen LogP contribution in [0.5, 0.6) is 0 Å². The van der Waals surface area contributed by atoms with Crippen LogP contribution < -0.4 is 11.1 Å². The van der Waals surface area contributed by atoms with Gasteiger partial charge in [-0.1, -0.05) is 0 Å². The first-order valence-corrected chi connectivity index (χ1v) is 4.58. The molecule has 76 valence electrons. The highest BCUT2D eigenvalue weighted by atomic mass is 32.1. The Hall–Kier alpha value is -0.750. The van der Waals surface area contributed by atoms with Crippen LogP contribution in [0.4, 0.5) is 0 Å². The van der Waals surface area contributed by atoms with Gasteiger partial charge in [0.05, 0.1) is 0 Å². The number of hydrogen-bond donors (Lipinski definition) is 4. The van der Waals surface area contributed by atoms with Crippen molar-refractivity contribution in [1.29, 1.82) is 0 Å². The quantitative estimate of drug-likeness (QED) is 0.429. The summed E-state index contributed by atoms with van der Waals surface area (Å²) in [5.41, 5.74) is 5.13. The molecule has 0 saturated carbocycles. The highest BCUT2D eigenvalue weighted by Gasteiger charge is 2.17. The second-order valence-corrected chi connectivity index (χ2v) is 2.96. The third-order valence-corrected chi connectivity index (χ3v) is 1.68. The van der Waals surface area contributed by atoms with Crippen molar-refractivity contribution in [2.75, 3.05) is 12.3 Å². The van der Waals surface area contributed by atoms with E-state index in [-0.39, 0.29) is 18.9 Å². The van der Waals surface area contributed by atoms with E-state index in [1.54, 1.807) is 0 Å². The molecule has 0 heterocycles. The maximum atomic E-state index is 11.0. The molecular formula is C7H14N2O3S. The van der Waals surface area contributed by atoms with Gasteiger partial charge >= 0.3 is 5.97 Å². The minimum atomic E-state index is -1.04. The van der Waals surface area contributed by atoms with Gasteiger partial charge in [-0.25, -0.2) is 4.79 Å². The van der Waals surface area contributed by atoms with Crippen LogP contribution in [0.2, 0.25) is 0 Å². The van der Waals surface area contributed by atoms with Gasteiger partial charge in [-0.3, -0.25) is 4.79 Å². The van der Waals surface area contributed by atoms with Crippen molar-refractivity contribution >= 4 is 24.5 Å². The minimum Gasteiger partial charge on any atom is -0.480 e. The second kappa shape index (κ2) is 6.73. The lowest BCUT2D eigenvalue weighted by atomic mass is 10.2. The maximum absolute atomic E-state index is 11.0. The van der Waals surface area contributed by atoms with E-state index in [0.717, 1.165) is 0 Å². The molecule has 4 N–H and O–H groups in total. The molecule has 0 aromatic carbocycles. The Morgan fingerprint density at radius 1 is 1.54 bits per heavy atom. The van der Waals surface area contributed by atoms with Gasteiger partial charge in [-0.05, 0) is 12.2 Å². The summed E-state index contributed by atoms with van der Waals surface area (Å²) in [6, 6.07) is -0.850. The van der Waals surface area contributed by atoms with Crippen molar-refractivity contribution < 1.29 is 14.7 Å². The molecule has 1 amide bonds. The Morgan fingerprint density at radius 2 is 2.15 bits per heavy atom. The molecular weight excluding hydrogens is 192 g/mol. The largest absolute Gasteiger partial charge is 0.480 e. The molecule has 0 bridgehead atoms. The molecule has 0 saturated heterocycles. The van der Waals surface area contributed by atoms with Gasteiger partial charge < -0.3 is 16.2 Å². The number of nitrogens with one attached hydrogen (secondary N) is 1. The number of nitrogens with two attached hydrogens (primary N) is 1. The average Bonchev–Trinajstić information content (AvgIpc) is 2.04. The molecule has 0 aromatic heterocycles. The first-order valence-electron chi connectivity index (χ1n) is 3.95. The van der Waals surface area contributed by atoms with E-state index in [0.29, 0.717) is 12.2 Å². The third kappa shape index (κ3) is 5.48. The Morgan fingerprint density at radius 3 is 2.54 bits per heavy atom. The smallest absolute Gasteiger partial charge is 0.326 e. The number of carboxylic acid groups (broad SMARTS) is 1. The summed E-state index contributed by atoms with van der Waals surface area (Å²) in [5, 5.41) is 11.0.